The molecule has 3 fully saturated rings. The van der Waals surface area contributed by atoms with Crippen LogP contribution in [0.1, 0.15) is 25.7 Å². The molecule has 29 heavy (non-hydrogen) atoms. The van der Waals surface area contributed by atoms with Crippen molar-refractivity contribution in [3.05, 3.63) is 0 Å². The number of ether oxygens (including phenoxy) is 1. The number of nitrogens with one attached hydrogen (secondary N) is 1. The average Bonchev–Trinajstić information content (AvgIpc) is 2.89. The zero-order chi connectivity index (χ0) is 21.6. The SMILES string of the molecule is CN(C)C(=O)C1CCC(OC2(C(N)=O)CCC3CN2C(=O)N3OS(=O)(=O)O)CN1. The second-order valence-electron chi connectivity index (χ2n) is 7.57. The lowest BCUT2D eigenvalue weighted by Gasteiger charge is -2.44. The van der Waals surface area contributed by atoms with Crippen LogP contribution in [-0.4, -0.2) is 96.8 Å². The molecule has 4 atom stereocenters. The third kappa shape index (κ3) is 4.16. The molecule has 3 heterocycles. The van der Waals surface area contributed by atoms with E-state index < -0.39 is 40.2 Å². The van der Waals surface area contributed by atoms with Crippen LogP contribution in [0.3, 0.4) is 0 Å². The second kappa shape index (κ2) is 7.68. The Bertz CT molecular complexity index is 797. The molecule has 4 unspecified atom stereocenters. The average molecular weight is 435 g/mol. The number of urea groups is 1. The van der Waals surface area contributed by atoms with Gasteiger partial charge in [0.1, 0.15) is 0 Å². The van der Waals surface area contributed by atoms with E-state index in [9.17, 15) is 22.8 Å². The van der Waals surface area contributed by atoms with E-state index in [1.165, 1.54) is 4.90 Å². The molecule has 0 aromatic carbocycles. The summed E-state index contributed by atoms with van der Waals surface area (Å²) in [5.74, 6) is -0.953. The van der Waals surface area contributed by atoms with Gasteiger partial charge in [-0.3, -0.25) is 19.0 Å². The lowest BCUT2D eigenvalue weighted by atomic mass is 9.95. The van der Waals surface area contributed by atoms with Gasteiger partial charge in [0, 0.05) is 33.6 Å². The monoisotopic (exact) mass is 435 g/mol. The van der Waals surface area contributed by atoms with E-state index in [0.29, 0.717) is 17.9 Å². The van der Waals surface area contributed by atoms with Gasteiger partial charge < -0.3 is 20.7 Å². The lowest BCUT2D eigenvalue weighted by molar-refractivity contribution is -0.192. The predicted octanol–water partition coefficient (Wildman–Crippen LogP) is -1.97. The number of hydroxylamine groups is 2. The first-order chi connectivity index (χ1) is 13.4. The quantitative estimate of drug-likeness (QED) is 0.400. The summed E-state index contributed by atoms with van der Waals surface area (Å²) in [6, 6.07) is -1.97. The Kier molecular flexibility index (Phi) is 5.75. The van der Waals surface area contributed by atoms with Crippen molar-refractivity contribution in [3.8, 4) is 0 Å². The van der Waals surface area contributed by atoms with Crippen LogP contribution in [0, 0.1) is 0 Å². The molecular formula is C15H25N5O8S. The largest absolute Gasteiger partial charge is 0.418 e. The number of nitrogens with two attached hydrogens (primary N) is 1. The number of carbonyl (C=O) groups is 3. The summed E-state index contributed by atoms with van der Waals surface area (Å²) in [5.41, 5.74) is 3.82. The van der Waals surface area contributed by atoms with Gasteiger partial charge >= 0.3 is 16.4 Å². The minimum atomic E-state index is -4.91. The first-order valence-electron chi connectivity index (χ1n) is 9.15. The molecule has 0 aromatic rings. The smallest absolute Gasteiger partial charge is 0.365 e. The molecule has 0 aliphatic carbocycles. The van der Waals surface area contributed by atoms with E-state index in [-0.39, 0.29) is 37.9 Å². The van der Waals surface area contributed by atoms with Crippen LogP contribution in [0.5, 0.6) is 0 Å². The summed E-state index contributed by atoms with van der Waals surface area (Å²) >= 11 is 0. The lowest BCUT2D eigenvalue weighted by Crippen LogP contribution is -2.64. The topological polar surface area (TPSA) is 172 Å². The Morgan fingerprint density at radius 2 is 2.00 bits per heavy atom. The van der Waals surface area contributed by atoms with Crippen LogP contribution in [0.4, 0.5) is 4.79 Å². The van der Waals surface area contributed by atoms with Crippen LogP contribution in [0.15, 0.2) is 0 Å². The summed E-state index contributed by atoms with van der Waals surface area (Å²) in [4.78, 5) is 39.6. The number of carbonyl (C=O) groups excluding carboxylic acids is 3. The van der Waals surface area contributed by atoms with E-state index in [0.717, 1.165) is 4.90 Å². The Labute approximate surface area is 168 Å². The summed E-state index contributed by atoms with van der Waals surface area (Å²) in [6.07, 6.45) is 0.673. The third-order valence-corrected chi connectivity index (χ3v) is 5.78. The Morgan fingerprint density at radius 1 is 1.31 bits per heavy atom. The second-order valence-corrected chi connectivity index (χ2v) is 8.58. The highest BCUT2D eigenvalue weighted by Gasteiger charge is 2.59. The van der Waals surface area contributed by atoms with Gasteiger partial charge in [-0.2, -0.15) is 13.5 Å². The predicted molar refractivity (Wildman–Crippen MR) is 96.1 cm³/mol. The zero-order valence-corrected chi connectivity index (χ0v) is 16.9. The highest BCUT2D eigenvalue weighted by molar-refractivity contribution is 7.80. The molecule has 3 aliphatic heterocycles. The van der Waals surface area contributed by atoms with Crippen LogP contribution < -0.4 is 11.1 Å². The molecule has 4 N–H and O–H groups in total. The summed E-state index contributed by atoms with van der Waals surface area (Å²) < 4.78 is 41.3. The number of hydrogen-bond donors (Lipinski definition) is 3. The number of fused-ring (bicyclic) bond motifs is 2. The minimum absolute atomic E-state index is 0.0423. The number of nitrogens with zero attached hydrogens (tertiary/aromatic N) is 3. The van der Waals surface area contributed by atoms with Crippen molar-refractivity contribution >= 4 is 28.2 Å². The van der Waals surface area contributed by atoms with Crippen molar-refractivity contribution in [1.82, 2.24) is 20.2 Å². The van der Waals surface area contributed by atoms with Crippen molar-refractivity contribution in [3.63, 3.8) is 0 Å². The van der Waals surface area contributed by atoms with Crippen molar-refractivity contribution in [1.29, 1.82) is 0 Å². The molecule has 4 amide bonds. The minimum Gasteiger partial charge on any atom is -0.365 e. The van der Waals surface area contributed by atoms with Crippen LogP contribution in [-0.2, 0) is 29.0 Å². The molecule has 0 saturated carbocycles. The van der Waals surface area contributed by atoms with E-state index in [4.69, 9.17) is 15.0 Å². The Balaban J connectivity index is 1.73. The molecule has 14 heteroatoms. The number of likely N-dealkylation sites (N-methyl/N-ethyl adjacent to an activating group) is 1. The highest BCUT2D eigenvalue weighted by Crippen LogP contribution is 2.39. The van der Waals surface area contributed by atoms with Crippen LogP contribution in [0.2, 0.25) is 0 Å². The summed E-state index contributed by atoms with van der Waals surface area (Å²) in [7, 11) is -1.59. The van der Waals surface area contributed by atoms with Gasteiger partial charge in [0.05, 0.1) is 18.2 Å². The van der Waals surface area contributed by atoms with Crippen molar-refractivity contribution in [2.45, 2.75) is 49.6 Å². The molecule has 0 aromatic heterocycles. The van der Waals surface area contributed by atoms with Gasteiger partial charge in [-0.25, -0.2) is 4.79 Å². The molecular weight excluding hydrogens is 410 g/mol. The van der Waals surface area contributed by atoms with E-state index in [1.807, 2.05) is 0 Å². The zero-order valence-electron chi connectivity index (χ0n) is 16.1. The van der Waals surface area contributed by atoms with Crippen molar-refractivity contribution < 1.29 is 36.4 Å². The standard InChI is InChI=1S/C15H25N5O8S/c1-18(2)12(21)11-4-3-10(7-17-11)27-15(13(16)22)6-5-9-8-19(15)14(23)20(9)28-29(24,25)26/h9-11,17H,3-8H2,1-2H3,(H2,16,22)(H,24,25,26). The van der Waals surface area contributed by atoms with Gasteiger partial charge in [-0.05, 0) is 19.3 Å². The van der Waals surface area contributed by atoms with Gasteiger partial charge in [0.15, 0.2) is 0 Å². The fourth-order valence-electron chi connectivity index (χ4n) is 4.01. The third-order valence-electron chi connectivity index (χ3n) is 5.43. The normalized spacial score (nSPS) is 32.4. The van der Waals surface area contributed by atoms with E-state index in [2.05, 4.69) is 9.60 Å². The highest BCUT2D eigenvalue weighted by atomic mass is 32.3. The van der Waals surface area contributed by atoms with Gasteiger partial charge in [0.2, 0.25) is 11.6 Å². The van der Waals surface area contributed by atoms with Crippen LogP contribution in [0.25, 0.3) is 0 Å². The fraction of sp³-hybridized carbons (Fsp3) is 0.800. The number of piperidine rings is 2. The molecule has 0 radical (unpaired) electrons. The molecule has 0 spiro atoms. The van der Waals surface area contributed by atoms with Crippen molar-refractivity contribution in [2.24, 2.45) is 5.73 Å². The van der Waals surface area contributed by atoms with Gasteiger partial charge in [-0.1, -0.05) is 0 Å². The first kappa shape index (κ1) is 21.7. The van der Waals surface area contributed by atoms with Gasteiger partial charge in [-0.15, -0.1) is 4.28 Å². The van der Waals surface area contributed by atoms with Gasteiger partial charge in [0.25, 0.3) is 5.91 Å². The maximum atomic E-state index is 12.6. The van der Waals surface area contributed by atoms with Crippen molar-refractivity contribution in [2.75, 3.05) is 27.2 Å². The maximum absolute atomic E-state index is 12.6. The first-order valence-corrected chi connectivity index (χ1v) is 10.5. The van der Waals surface area contributed by atoms with Crippen LogP contribution >= 0.6 is 0 Å². The molecule has 2 bridgehead atoms. The van der Waals surface area contributed by atoms with E-state index in [1.54, 1.807) is 14.1 Å². The summed E-state index contributed by atoms with van der Waals surface area (Å²) in [6.45, 7) is 0.231. The van der Waals surface area contributed by atoms with E-state index >= 15 is 0 Å². The number of amides is 4. The Hall–Kier alpha value is -2.00. The molecule has 164 valence electrons. The molecule has 3 saturated heterocycles. The maximum Gasteiger partial charge on any atom is 0.418 e. The molecule has 3 rings (SSSR count). The number of primary amides is 1. The molecule has 13 nitrogen and oxygen atoms in total. The number of rotatable bonds is 6. The molecule has 3 aliphatic rings. The number of hydrogen-bond acceptors (Lipinski definition) is 8. The summed E-state index contributed by atoms with van der Waals surface area (Å²) in [5, 5.41) is 3.59. The Morgan fingerprint density at radius 3 is 2.52 bits per heavy atom. The fourth-order valence-corrected chi connectivity index (χ4v) is 4.39.